The van der Waals surface area contributed by atoms with Crippen LogP contribution in [0.25, 0.3) is 0 Å². The van der Waals surface area contributed by atoms with Crippen molar-refractivity contribution in [3.05, 3.63) is 23.5 Å². The van der Waals surface area contributed by atoms with E-state index in [1.54, 1.807) is 0 Å². The van der Waals surface area contributed by atoms with E-state index in [1.165, 1.54) is 13.2 Å². The number of carbonyl (C=O) groups excluding carboxylic acids is 1. The molecular formula is C14H19F2N3O2. The van der Waals surface area contributed by atoms with Gasteiger partial charge in [-0.2, -0.15) is 0 Å². The number of carbonyl (C=O) groups is 1. The van der Waals surface area contributed by atoms with Gasteiger partial charge in [0.25, 0.3) is 5.91 Å². The number of alkyl halides is 1. The van der Waals surface area contributed by atoms with Crippen molar-refractivity contribution in [3.8, 4) is 5.75 Å². The second-order valence-corrected chi connectivity index (χ2v) is 5.22. The first-order valence-electron chi connectivity index (χ1n) is 6.69. The number of hydrogen-bond donors (Lipinski definition) is 2. The van der Waals surface area contributed by atoms with Gasteiger partial charge in [0.1, 0.15) is 17.7 Å². The highest BCUT2D eigenvalue weighted by Gasteiger charge is 2.29. The van der Waals surface area contributed by atoms with Gasteiger partial charge in [0.05, 0.1) is 24.4 Å². The average Bonchev–Trinajstić information content (AvgIpc) is 2.42. The number of piperidine rings is 1. The molecule has 0 spiro atoms. The molecule has 0 bridgehead atoms. The fourth-order valence-corrected chi connectivity index (χ4v) is 2.38. The maximum Gasteiger partial charge on any atom is 0.254 e. The standard InChI is InChI=1S/C14H19F2N3O2/c1-19-4-3-12(10(16)7-19)18-14(20)8-5-13(21-2)11(17)6-9(8)15/h5-6,10,12H,3-4,7,17H2,1-2H3,(H,18,20)/t10-,12?/m1/s1. The van der Waals surface area contributed by atoms with Crippen LogP contribution in [0.1, 0.15) is 16.8 Å². The van der Waals surface area contributed by atoms with Crippen LogP contribution >= 0.6 is 0 Å². The van der Waals surface area contributed by atoms with Gasteiger partial charge >= 0.3 is 0 Å². The zero-order valence-electron chi connectivity index (χ0n) is 12.0. The van der Waals surface area contributed by atoms with Crippen LogP contribution in [0.15, 0.2) is 12.1 Å². The molecule has 21 heavy (non-hydrogen) atoms. The minimum atomic E-state index is -1.17. The predicted octanol–water partition coefficient (Wildman–Crippen LogP) is 1.19. The molecule has 5 nitrogen and oxygen atoms in total. The van der Waals surface area contributed by atoms with E-state index in [4.69, 9.17) is 10.5 Å². The number of methoxy groups -OCH3 is 1. The van der Waals surface area contributed by atoms with Crippen molar-refractivity contribution in [1.29, 1.82) is 0 Å². The van der Waals surface area contributed by atoms with Crippen LogP contribution in [0.2, 0.25) is 0 Å². The van der Waals surface area contributed by atoms with Gasteiger partial charge in [0.15, 0.2) is 0 Å². The van der Waals surface area contributed by atoms with Gasteiger partial charge in [0, 0.05) is 19.2 Å². The van der Waals surface area contributed by atoms with Crippen molar-refractivity contribution >= 4 is 11.6 Å². The minimum Gasteiger partial charge on any atom is -0.495 e. The molecule has 0 aliphatic carbocycles. The number of nitrogens with one attached hydrogen (secondary N) is 1. The number of likely N-dealkylation sites (tertiary alicyclic amines) is 1. The Morgan fingerprint density at radius 3 is 2.86 bits per heavy atom. The van der Waals surface area contributed by atoms with Gasteiger partial charge in [-0.1, -0.05) is 0 Å². The van der Waals surface area contributed by atoms with Crippen LogP contribution in [0.3, 0.4) is 0 Å². The van der Waals surface area contributed by atoms with Crippen LogP contribution in [-0.4, -0.2) is 50.3 Å². The second kappa shape index (κ2) is 6.26. The summed E-state index contributed by atoms with van der Waals surface area (Å²) in [4.78, 5) is 14.0. The largest absolute Gasteiger partial charge is 0.495 e. The Morgan fingerprint density at radius 2 is 2.24 bits per heavy atom. The molecule has 1 saturated heterocycles. The number of amides is 1. The van der Waals surface area contributed by atoms with Crippen molar-refractivity contribution in [2.45, 2.75) is 18.6 Å². The number of halogens is 2. The molecule has 2 atom stereocenters. The van der Waals surface area contributed by atoms with E-state index in [9.17, 15) is 13.6 Å². The molecule has 1 aliphatic rings. The number of ether oxygens (including phenoxy) is 1. The molecule has 1 unspecified atom stereocenters. The number of anilines is 1. The maximum atomic E-state index is 13.9. The molecule has 1 aliphatic heterocycles. The summed E-state index contributed by atoms with van der Waals surface area (Å²) < 4.78 is 32.7. The maximum absolute atomic E-state index is 13.9. The first-order valence-corrected chi connectivity index (χ1v) is 6.69. The van der Waals surface area contributed by atoms with Crippen LogP contribution in [0.4, 0.5) is 14.5 Å². The molecule has 116 valence electrons. The summed E-state index contributed by atoms with van der Waals surface area (Å²) in [5, 5.41) is 2.54. The lowest BCUT2D eigenvalue weighted by atomic mass is 10.0. The molecule has 0 radical (unpaired) electrons. The van der Waals surface area contributed by atoms with Crippen LogP contribution in [0.5, 0.6) is 5.75 Å². The van der Waals surface area contributed by atoms with Crippen molar-refractivity contribution < 1.29 is 18.3 Å². The zero-order chi connectivity index (χ0) is 15.6. The number of benzene rings is 1. The van der Waals surface area contributed by atoms with Crippen molar-refractivity contribution in [1.82, 2.24) is 10.2 Å². The number of hydrogen-bond acceptors (Lipinski definition) is 4. The Balaban J connectivity index is 2.13. The summed E-state index contributed by atoms with van der Waals surface area (Å²) in [6.45, 7) is 0.928. The molecule has 1 amide bonds. The van der Waals surface area contributed by atoms with Crippen molar-refractivity contribution in [2.75, 3.05) is 33.0 Å². The third-order valence-electron chi connectivity index (χ3n) is 3.63. The lowest BCUT2D eigenvalue weighted by Gasteiger charge is -2.32. The molecule has 2 rings (SSSR count). The van der Waals surface area contributed by atoms with Gasteiger partial charge in [-0.25, -0.2) is 8.78 Å². The van der Waals surface area contributed by atoms with E-state index >= 15 is 0 Å². The smallest absolute Gasteiger partial charge is 0.254 e. The molecular weight excluding hydrogens is 280 g/mol. The molecule has 1 fully saturated rings. The summed E-state index contributed by atoms with van der Waals surface area (Å²) >= 11 is 0. The van der Waals surface area contributed by atoms with Crippen LogP contribution in [0, 0.1) is 5.82 Å². The summed E-state index contributed by atoms with van der Waals surface area (Å²) in [5.74, 6) is -1.21. The van der Waals surface area contributed by atoms with Gasteiger partial charge < -0.3 is 20.7 Å². The molecule has 0 aromatic heterocycles. The first kappa shape index (κ1) is 15.5. The lowest BCUT2D eigenvalue weighted by molar-refractivity contribution is 0.0817. The number of rotatable bonds is 3. The van der Waals surface area contributed by atoms with E-state index in [1.807, 2.05) is 11.9 Å². The van der Waals surface area contributed by atoms with Gasteiger partial charge in [-0.3, -0.25) is 4.79 Å². The lowest BCUT2D eigenvalue weighted by Crippen LogP contribution is -2.51. The van der Waals surface area contributed by atoms with E-state index in [2.05, 4.69) is 5.32 Å². The monoisotopic (exact) mass is 299 g/mol. The molecule has 3 N–H and O–H groups in total. The Morgan fingerprint density at radius 1 is 1.52 bits per heavy atom. The number of nitrogen functional groups attached to an aromatic ring is 1. The molecule has 7 heteroatoms. The van der Waals surface area contributed by atoms with Crippen molar-refractivity contribution in [2.24, 2.45) is 0 Å². The molecule has 1 aromatic rings. The highest BCUT2D eigenvalue weighted by molar-refractivity contribution is 5.95. The second-order valence-electron chi connectivity index (χ2n) is 5.22. The van der Waals surface area contributed by atoms with Crippen LogP contribution < -0.4 is 15.8 Å². The van der Waals surface area contributed by atoms with Gasteiger partial charge in [-0.15, -0.1) is 0 Å². The van der Waals surface area contributed by atoms with Gasteiger partial charge in [0.2, 0.25) is 0 Å². The van der Waals surface area contributed by atoms with E-state index < -0.39 is 23.9 Å². The van der Waals surface area contributed by atoms with E-state index in [0.29, 0.717) is 13.0 Å². The molecule has 1 heterocycles. The Labute approximate surface area is 122 Å². The number of nitrogens with two attached hydrogens (primary N) is 1. The van der Waals surface area contributed by atoms with Crippen LogP contribution in [-0.2, 0) is 0 Å². The van der Waals surface area contributed by atoms with E-state index in [-0.39, 0.29) is 23.5 Å². The number of nitrogens with zero attached hydrogens (tertiary/aromatic N) is 1. The fraction of sp³-hybridized carbons (Fsp3) is 0.500. The average molecular weight is 299 g/mol. The predicted molar refractivity (Wildman–Crippen MR) is 75.6 cm³/mol. The summed E-state index contributed by atoms with van der Waals surface area (Å²) in [7, 11) is 3.19. The summed E-state index contributed by atoms with van der Waals surface area (Å²) in [6.07, 6.45) is -0.691. The Bertz CT molecular complexity index is 539. The third-order valence-corrected chi connectivity index (χ3v) is 3.63. The Kier molecular flexibility index (Phi) is 4.62. The highest BCUT2D eigenvalue weighted by Crippen LogP contribution is 2.25. The SMILES string of the molecule is COc1cc(C(=O)NC2CCN(C)C[C@H]2F)c(F)cc1N. The Hall–Kier alpha value is -1.89. The van der Waals surface area contributed by atoms with Crippen molar-refractivity contribution in [3.63, 3.8) is 0 Å². The highest BCUT2D eigenvalue weighted by atomic mass is 19.1. The summed E-state index contributed by atoms with van der Waals surface area (Å²) in [6, 6.07) is 1.63. The zero-order valence-corrected chi connectivity index (χ0v) is 12.0. The fourth-order valence-electron chi connectivity index (χ4n) is 2.38. The normalized spacial score (nSPS) is 22.9. The third kappa shape index (κ3) is 3.41. The van der Waals surface area contributed by atoms with E-state index in [0.717, 1.165) is 6.07 Å². The first-order chi connectivity index (χ1) is 9.92. The summed E-state index contributed by atoms with van der Waals surface area (Å²) in [5.41, 5.74) is 5.46. The topological polar surface area (TPSA) is 67.6 Å². The molecule has 0 saturated carbocycles. The quantitative estimate of drug-likeness (QED) is 0.823. The van der Waals surface area contributed by atoms with Gasteiger partial charge in [-0.05, 0) is 19.5 Å². The minimum absolute atomic E-state index is 0.106. The molecule has 1 aromatic carbocycles.